The molecule has 98 valence electrons. The van der Waals surface area contributed by atoms with Crippen LogP contribution in [0.3, 0.4) is 0 Å². The van der Waals surface area contributed by atoms with Gasteiger partial charge >= 0.3 is 5.97 Å². The quantitative estimate of drug-likeness (QED) is 0.803. The van der Waals surface area contributed by atoms with E-state index in [2.05, 4.69) is 27.8 Å². The molecular formula is C14H18BrNO2. The van der Waals surface area contributed by atoms with E-state index in [0.29, 0.717) is 5.56 Å². The maximum Gasteiger partial charge on any atom is 0.338 e. The lowest BCUT2D eigenvalue weighted by Gasteiger charge is -2.31. The number of likely N-dealkylation sites (tertiary alicyclic amines) is 1. The number of halogens is 1. The molecule has 1 aromatic rings. The lowest BCUT2D eigenvalue weighted by Crippen LogP contribution is -2.40. The van der Waals surface area contributed by atoms with Gasteiger partial charge in [-0.3, -0.25) is 4.90 Å². The number of piperidine rings is 1. The van der Waals surface area contributed by atoms with Crippen LogP contribution in [-0.4, -0.2) is 36.6 Å². The van der Waals surface area contributed by atoms with E-state index in [4.69, 9.17) is 4.74 Å². The zero-order valence-electron chi connectivity index (χ0n) is 10.6. The van der Waals surface area contributed by atoms with Gasteiger partial charge in [0.25, 0.3) is 0 Å². The summed E-state index contributed by atoms with van der Waals surface area (Å²) in [5.74, 6) is -0.223. The molecule has 2 rings (SSSR count). The molecule has 0 spiro atoms. The molecular weight excluding hydrogens is 294 g/mol. The topological polar surface area (TPSA) is 29.5 Å². The number of nitrogens with zero attached hydrogens (tertiary/aromatic N) is 1. The van der Waals surface area contributed by atoms with Crippen LogP contribution in [0.25, 0.3) is 0 Å². The average molecular weight is 312 g/mol. The third kappa shape index (κ3) is 3.56. The summed E-state index contributed by atoms with van der Waals surface area (Å²) in [6.07, 6.45) is 2.10. The van der Waals surface area contributed by atoms with Crippen molar-refractivity contribution in [2.24, 2.45) is 0 Å². The highest BCUT2D eigenvalue weighted by Gasteiger charge is 2.22. The van der Waals surface area contributed by atoms with Crippen LogP contribution in [-0.2, 0) is 4.74 Å². The number of hydrogen-bond acceptors (Lipinski definition) is 3. The van der Waals surface area contributed by atoms with Crippen molar-refractivity contribution < 1.29 is 9.53 Å². The monoisotopic (exact) mass is 311 g/mol. The summed E-state index contributed by atoms with van der Waals surface area (Å²) in [6.45, 7) is 5.13. The van der Waals surface area contributed by atoms with Crippen LogP contribution in [0, 0.1) is 0 Å². The Morgan fingerprint density at radius 1 is 1.56 bits per heavy atom. The number of carbonyl (C=O) groups is 1. The molecule has 0 aliphatic carbocycles. The van der Waals surface area contributed by atoms with E-state index in [0.717, 1.165) is 36.9 Å². The SMILES string of the molecule is CCN1CCC[C@H](OC(=O)c2cccc(Br)c2)C1. The molecule has 0 amide bonds. The Kier molecular flexibility index (Phi) is 4.78. The molecule has 1 atom stereocenters. The van der Waals surface area contributed by atoms with Gasteiger partial charge in [0.2, 0.25) is 0 Å². The zero-order chi connectivity index (χ0) is 13.0. The van der Waals surface area contributed by atoms with E-state index in [1.54, 1.807) is 12.1 Å². The molecule has 1 aliphatic heterocycles. The van der Waals surface area contributed by atoms with E-state index in [-0.39, 0.29) is 12.1 Å². The largest absolute Gasteiger partial charge is 0.457 e. The van der Waals surface area contributed by atoms with Gasteiger partial charge in [0.05, 0.1) is 5.56 Å². The van der Waals surface area contributed by atoms with Gasteiger partial charge < -0.3 is 4.74 Å². The van der Waals surface area contributed by atoms with E-state index in [9.17, 15) is 4.79 Å². The van der Waals surface area contributed by atoms with Gasteiger partial charge in [0.15, 0.2) is 0 Å². The second kappa shape index (κ2) is 6.34. The number of rotatable bonds is 3. The normalized spacial score (nSPS) is 20.7. The Morgan fingerprint density at radius 2 is 2.39 bits per heavy atom. The first-order valence-corrected chi connectivity index (χ1v) is 7.17. The maximum absolute atomic E-state index is 12.0. The smallest absolute Gasteiger partial charge is 0.338 e. The van der Waals surface area contributed by atoms with Crippen molar-refractivity contribution in [3.63, 3.8) is 0 Å². The van der Waals surface area contributed by atoms with Crippen molar-refractivity contribution in [1.29, 1.82) is 0 Å². The molecule has 18 heavy (non-hydrogen) atoms. The molecule has 0 N–H and O–H groups in total. The summed E-state index contributed by atoms with van der Waals surface area (Å²) in [7, 11) is 0. The fourth-order valence-corrected chi connectivity index (χ4v) is 2.63. The fraction of sp³-hybridized carbons (Fsp3) is 0.500. The molecule has 1 aromatic carbocycles. The summed E-state index contributed by atoms with van der Waals surface area (Å²) in [6, 6.07) is 7.33. The third-order valence-corrected chi connectivity index (χ3v) is 3.74. The lowest BCUT2D eigenvalue weighted by molar-refractivity contribution is 0.00774. The number of hydrogen-bond donors (Lipinski definition) is 0. The fourth-order valence-electron chi connectivity index (χ4n) is 2.23. The first kappa shape index (κ1) is 13.6. The first-order valence-electron chi connectivity index (χ1n) is 6.38. The number of esters is 1. The third-order valence-electron chi connectivity index (χ3n) is 3.24. The predicted octanol–water partition coefficient (Wildman–Crippen LogP) is 3.09. The summed E-state index contributed by atoms with van der Waals surface area (Å²) in [5.41, 5.74) is 0.609. The van der Waals surface area contributed by atoms with Gasteiger partial charge in [0.1, 0.15) is 6.10 Å². The first-order chi connectivity index (χ1) is 8.69. The van der Waals surface area contributed by atoms with Crippen LogP contribution in [0.4, 0.5) is 0 Å². The van der Waals surface area contributed by atoms with Crippen LogP contribution in [0.15, 0.2) is 28.7 Å². The molecule has 0 aromatic heterocycles. The highest BCUT2D eigenvalue weighted by Crippen LogP contribution is 2.17. The lowest BCUT2D eigenvalue weighted by atomic mass is 10.1. The van der Waals surface area contributed by atoms with Gasteiger partial charge in [0, 0.05) is 11.0 Å². The highest BCUT2D eigenvalue weighted by molar-refractivity contribution is 9.10. The van der Waals surface area contributed by atoms with Crippen molar-refractivity contribution in [3.8, 4) is 0 Å². The standard InChI is InChI=1S/C14H18BrNO2/c1-2-16-8-4-7-13(10-16)18-14(17)11-5-3-6-12(15)9-11/h3,5-6,9,13H,2,4,7-8,10H2,1H3/t13-/m0/s1. The van der Waals surface area contributed by atoms with E-state index in [1.165, 1.54) is 0 Å². The molecule has 0 bridgehead atoms. The van der Waals surface area contributed by atoms with Crippen molar-refractivity contribution in [2.45, 2.75) is 25.9 Å². The van der Waals surface area contributed by atoms with Crippen molar-refractivity contribution in [1.82, 2.24) is 4.90 Å². The molecule has 4 heteroatoms. The van der Waals surface area contributed by atoms with E-state index >= 15 is 0 Å². The minimum atomic E-state index is -0.223. The van der Waals surface area contributed by atoms with Gasteiger partial charge in [-0.25, -0.2) is 4.79 Å². The number of ether oxygens (including phenoxy) is 1. The second-order valence-corrected chi connectivity index (χ2v) is 5.49. The van der Waals surface area contributed by atoms with Crippen LogP contribution in [0.2, 0.25) is 0 Å². The summed E-state index contributed by atoms with van der Waals surface area (Å²) < 4.78 is 6.46. The molecule has 0 unspecified atom stereocenters. The number of carbonyl (C=O) groups excluding carboxylic acids is 1. The molecule has 0 radical (unpaired) electrons. The van der Waals surface area contributed by atoms with Crippen LogP contribution >= 0.6 is 15.9 Å². The van der Waals surface area contributed by atoms with Crippen LogP contribution in [0.5, 0.6) is 0 Å². The maximum atomic E-state index is 12.0. The van der Waals surface area contributed by atoms with E-state index in [1.807, 2.05) is 12.1 Å². The second-order valence-electron chi connectivity index (χ2n) is 4.57. The molecule has 1 heterocycles. The van der Waals surface area contributed by atoms with Gasteiger partial charge in [-0.05, 0) is 44.1 Å². The van der Waals surface area contributed by atoms with Crippen molar-refractivity contribution >= 4 is 21.9 Å². The Balaban J connectivity index is 1.95. The van der Waals surface area contributed by atoms with Gasteiger partial charge in [-0.1, -0.05) is 28.9 Å². The Labute approximate surface area is 116 Å². The summed E-state index contributed by atoms with van der Waals surface area (Å²) >= 11 is 3.36. The van der Waals surface area contributed by atoms with Crippen molar-refractivity contribution in [2.75, 3.05) is 19.6 Å². The molecule has 3 nitrogen and oxygen atoms in total. The minimum absolute atomic E-state index is 0.0326. The zero-order valence-corrected chi connectivity index (χ0v) is 12.1. The minimum Gasteiger partial charge on any atom is -0.457 e. The summed E-state index contributed by atoms with van der Waals surface area (Å²) in [5, 5.41) is 0. The number of likely N-dealkylation sites (N-methyl/N-ethyl adjacent to an activating group) is 1. The van der Waals surface area contributed by atoms with Gasteiger partial charge in [-0.15, -0.1) is 0 Å². The van der Waals surface area contributed by atoms with E-state index < -0.39 is 0 Å². The predicted molar refractivity (Wildman–Crippen MR) is 74.7 cm³/mol. The number of benzene rings is 1. The highest BCUT2D eigenvalue weighted by atomic mass is 79.9. The Hall–Kier alpha value is -0.870. The molecule has 1 aliphatic rings. The molecule has 0 saturated carbocycles. The Morgan fingerprint density at radius 3 is 3.11 bits per heavy atom. The molecule has 1 saturated heterocycles. The van der Waals surface area contributed by atoms with Crippen LogP contribution < -0.4 is 0 Å². The average Bonchev–Trinajstić information content (AvgIpc) is 2.39. The van der Waals surface area contributed by atoms with Gasteiger partial charge in [-0.2, -0.15) is 0 Å². The molecule has 1 fully saturated rings. The summed E-state index contributed by atoms with van der Waals surface area (Å²) in [4.78, 5) is 14.3. The van der Waals surface area contributed by atoms with Crippen molar-refractivity contribution in [3.05, 3.63) is 34.3 Å². The Bertz CT molecular complexity index is 422. The van der Waals surface area contributed by atoms with Crippen LogP contribution in [0.1, 0.15) is 30.1 Å².